The van der Waals surface area contributed by atoms with E-state index in [0.29, 0.717) is 0 Å². The Morgan fingerprint density at radius 1 is 1.13 bits per heavy atom. The van der Waals surface area contributed by atoms with Crippen molar-refractivity contribution < 1.29 is 5.11 Å². The number of nitrogens with two attached hydrogens (primary N) is 1. The second-order valence-electron chi connectivity index (χ2n) is 4.29. The maximum absolute atomic E-state index is 8.86. The first-order valence-corrected chi connectivity index (χ1v) is 6.08. The van der Waals surface area contributed by atoms with Crippen LogP contribution in [0.25, 0.3) is 0 Å². The molecule has 0 aliphatic carbocycles. The van der Waals surface area contributed by atoms with E-state index >= 15 is 0 Å². The second-order valence-corrected chi connectivity index (χ2v) is 4.29. The fraction of sp³-hybridized carbons (Fsp3) is 0.846. The topological polar surface area (TPSA) is 46.2 Å². The molecule has 1 unspecified atom stereocenters. The van der Waals surface area contributed by atoms with Crippen LogP contribution in [0.15, 0.2) is 0 Å². The Kier molecular flexibility index (Phi) is 7.25. The Bertz CT molecular complexity index is 208. The van der Waals surface area contributed by atoms with Gasteiger partial charge in [-0.15, -0.1) is 0 Å². The van der Waals surface area contributed by atoms with Crippen molar-refractivity contribution in [3.63, 3.8) is 0 Å². The molecule has 0 saturated carbocycles. The first kappa shape index (κ1) is 14.3. The summed E-state index contributed by atoms with van der Waals surface area (Å²) in [5.74, 6) is 2.96. The summed E-state index contributed by atoms with van der Waals surface area (Å²) in [6.07, 6.45) is 8.23. The van der Waals surface area contributed by atoms with Gasteiger partial charge in [0, 0.05) is 11.5 Å². The number of hydrogen-bond donors (Lipinski definition) is 2. The first-order valence-electron chi connectivity index (χ1n) is 6.08. The molecular formula is C13H25NO. The maximum Gasteiger partial charge on any atom is 0.108 e. The summed E-state index contributed by atoms with van der Waals surface area (Å²) >= 11 is 0. The van der Waals surface area contributed by atoms with Crippen molar-refractivity contribution in [2.45, 2.75) is 65.3 Å². The molecule has 88 valence electrons. The minimum atomic E-state index is -0.172. The van der Waals surface area contributed by atoms with E-state index in [1.807, 2.05) is 0 Å². The van der Waals surface area contributed by atoms with Gasteiger partial charge < -0.3 is 10.8 Å². The van der Waals surface area contributed by atoms with Gasteiger partial charge >= 0.3 is 0 Å². The molecule has 0 amide bonds. The molecule has 0 saturated heterocycles. The number of aliphatic hydroxyl groups is 1. The van der Waals surface area contributed by atoms with E-state index in [1.165, 1.54) is 0 Å². The highest BCUT2D eigenvalue weighted by atomic mass is 16.2. The summed E-state index contributed by atoms with van der Waals surface area (Å²) in [6.45, 7) is 6.42. The van der Waals surface area contributed by atoms with Gasteiger partial charge in [-0.2, -0.15) is 0 Å². The monoisotopic (exact) mass is 211 g/mol. The summed E-state index contributed by atoms with van der Waals surface area (Å²) in [5.41, 5.74) is 6.04. The Balaban J connectivity index is 4.79. The van der Waals surface area contributed by atoms with E-state index in [9.17, 15) is 0 Å². The highest BCUT2D eigenvalue weighted by Gasteiger charge is 2.32. The van der Waals surface area contributed by atoms with Gasteiger partial charge in [0.25, 0.3) is 0 Å². The maximum atomic E-state index is 8.86. The van der Waals surface area contributed by atoms with E-state index in [1.54, 1.807) is 0 Å². The molecule has 3 N–H and O–H groups in total. The van der Waals surface area contributed by atoms with E-state index in [-0.39, 0.29) is 11.5 Å². The number of aliphatic hydroxyl groups excluding tert-OH is 1. The lowest BCUT2D eigenvalue weighted by Gasteiger charge is -2.34. The molecule has 0 spiro atoms. The van der Waals surface area contributed by atoms with E-state index in [0.717, 1.165) is 38.5 Å². The average molecular weight is 211 g/mol. The molecule has 0 aliphatic heterocycles. The largest absolute Gasteiger partial charge is 0.462 e. The van der Waals surface area contributed by atoms with Crippen LogP contribution in [0.5, 0.6) is 0 Å². The standard InChI is InChI=1S/C13H25NO/c1-4-7-12(14)13(8-5-2,9-6-3)10-11-15/h12,15H,4-9,14H2,1-3H3. The van der Waals surface area contributed by atoms with Crippen molar-refractivity contribution in [3.8, 4) is 12.0 Å². The van der Waals surface area contributed by atoms with Crippen molar-refractivity contribution in [2.24, 2.45) is 11.1 Å². The van der Waals surface area contributed by atoms with Gasteiger partial charge in [-0.1, -0.05) is 46.0 Å². The van der Waals surface area contributed by atoms with E-state index in [4.69, 9.17) is 10.8 Å². The summed E-state index contributed by atoms with van der Waals surface area (Å²) in [4.78, 5) is 0. The fourth-order valence-electron chi connectivity index (χ4n) is 2.30. The molecule has 0 aromatic heterocycles. The fourth-order valence-corrected chi connectivity index (χ4v) is 2.30. The van der Waals surface area contributed by atoms with Gasteiger partial charge in [-0.25, -0.2) is 0 Å². The van der Waals surface area contributed by atoms with E-state index in [2.05, 4.69) is 32.8 Å². The quantitative estimate of drug-likeness (QED) is 0.636. The van der Waals surface area contributed by atoms with Gasteiger partial charge in [-0.3, -0.25) is 0 Å². The molecule has 2 nitrogen and oxygen atoms in total. The van der Waals surface area contributed by atoms with Crippen LogP contribution in [-0.4, -0.2) is 11.1 Å². The van der Waals surface area contributed by atoms with Crippen LogP contribution in [0, 0.1) is 17.4 Å². The third kappa shape index (κ3) is 4.13. The molecule has 0 aromatic rings. The normalized spacial score (nSPS) is 13.1. The Morgan fingerprint density at radius 3 is 2.00 bits per heavy atom. The van der Waals surface area contributed by atoms with Crippen molar-refractivity contribution in [1.29, 1.82) is 0 Å². The third-order valence-electron chi connectivity index (χ3n) is 3.01. The van der Waals surface area contributed by atoms with Crippen LogP contribution in [0.4, 0.5) is 0 Å². The predicted octanol–water partition coefficient (Wildman–Crippen LogP) is 3.03. The minimum absolute atomic E-state index is 0.0852. The van der Waals surface area contributed by atoms with Gasteiger partial charge in [0.15, 0.2) is 0 Å². The average Bonchev–Trinajstić information content (AvgIpc) is 2.19. The summed E-state index contributed by atoms with van der Waals surface area (Å²) in [7, 11) is 0. The predicted molar refractivity (Wildman–Crippen MR) is 64.8 cm³/mol. The van der Waals surface area contributed by atoms with Crippen molar-refractivity contribution >= 4 is 0 Å². The lowest BCUT2D eigenvalue weighted by Crippen LogP contribution is -2.40. The summed E-state index contributed by atoms with van der Waals surface area (Å²) in [5, 5.41) is 8.86. The van der Waals surface area contributed by atoms with Gasteiger partial charge in [0.05, 0.1) is 0 Å². The van der Waals surface area contributed by atoms with Crippen LogP contribution < -0.4 is 5.73 Å². The third-order valence-corrected chi connectivity index (χ3v) is 3.01. The van der Waals surface area contributed by atoms with Crippen LogP contribution >= 0.6 is 0 Å². The Labute approximate surface area is 94.3 Å². The van der Waals surface area contributed by atoms with Crippen LogP contribution in [-0.2, 0) is 0 Å². The van der Waals surface area contributed by atoms with Crippen LogP contribution in [0.1, 0.15) is 59.3 Å². The van der Waals surface area contributed by atoms with Gasteiger partial charge in [0.2, 0.25) is 0 Å². The zero-order valence-electron chi connectivity index (χ0n) is 10.3. The molecule has 1 atom stereocenters. The van der Waals surface area contributed by atoms with Gasteiger partial charge in [0.1, 0.15) is 6.11 Å². The Morgan fingerprint density at radius 2 is 1.67 bits per heavy atom. The zero-order valence-corrected chi connectivity index (χ0v) is 10.3. The lowest BCUT2D eigenvalue weighted by molar-refractivity contribution is 0.252. The van der Waals surface area contributed by atoms with Crippen molar-refractivity contribution in [2.75, 3.05) is 0 Å². The number of rotatable bonds is 7. The van der Waals surface area contributed by atoms with Crippen molar-refractivity contribution in [3.05, 3.63) is 0 Å². The number of hydrogen-bond acceptors (Lipinski definition) is 2. The summed E-state index contributed by atoms with van der Waals surface area (Å²) in [6, 6.07) is 0.0852. The SMILES string of the molecule is CCCC(N)C(C#CO)(CCC)CCC. The molecule has 2 heteroatoms. The molecule has 0 fully saturated rings. The zero-order chi connectivity index (χ0) is 11.7. The molecule has 0 heterocycles. The molecule has 15 heavy (non-hydrogen) atoms. The lowest BCUT2D eigenvalue weighted by atomic mass is 9.72. The van der Waals surface area contributed by atoms with Crippen LogP contribution in [0.2, 0.25) is 0 Å². The molecule has 0 radical (unpaired) electrons. The molecular weight excluding hydrogens is 186 g/mol. The molecule has 0 aliphatic rings. The van der Waals surface area contributed by atoms with E-state index < -0.39 is 0 Å². The highest BCUT2D eigenvalue weighted by molar-refractivity contribution is 5.12. The first-order chi connectivity index (χ1) is 7.16. The van der Waals surface area contributed by atoms with Crippen LogP contribution in [0.3, 0.4) is 0 Å². The smallest absolute Gasteiger partial charge is 0.108 e. The second kappa shape index (κ2) is 7.59. The van der Waals surface area contributed by atoms with Crippen molar-refractivity contribution in [1.82, 2.24) is 0 Å². The molecule has 0 aromatic carbocycles. The highest BCUT2D eigenvalue weighted by Crippen LogP contribution is 2.34. The van der Waals surface area contributed by atoms with Gasteiger partial charge in [-0.05, 0) is 19.3 Å². The summed E-state index contributed by atoms with van der Waals surface area (Å²) < 4.78 is 0. The minimum Gasteiger partial charge on any atom is -0.462 e. The molecule has 0 bridgehead atoms. The Hall–Kier alpha value is -0.680. The molecule has 0 rings (SSSR count).